The molecule has 3 rings (SSSR count). The number of carbonyl (C=O) groups excluding carboxylic acids is 2. The van der Waals surface area contributed by atoms with Gasteiger partial charge in [-0.25, -0.2) is 4.79 Å². The average Bonchev–Trinajstić information content (AvgIpc) is 3.36. The molecular weight excluding hydrogens is 528 g/mol. The number of nitriles is 1. The van der Waals surface area contributed by atoms with Crippen LogP contribution in [0.2, 0.25) is 0 Å². The van der Waals surface area contributed by atoms with E-state index in [9.17, 15) is 20.0 Å². The van der Waals surface area contributed by atoms with Crippen molar-refractivity contribution in [2.24, 2.45) is 10.4 Å². The van der Waals surface area contributed by atoms with Crippen molar-refractivity contribution in [1.29, 1.82) is 5.26 Å². The number of morpholine rings is 1. The van der Waals surface area contributed by atoms with Gasteiger partial charge in [-0.05, 0) is 70.8 Å². The number of aliphatic hydroxyl groups is 1. The van der Waals surface area contributed by atoms with E-state index in [-0.39, 0.29) is 29.3 Å². The zero-order valence-corrected chi connectivity index (χ0v) is 25.5. The first-order chi connectivity index (χ1) is 19.2. The summed E-state index contributed by atoms with van der Waals surface area (Å²) in [5, 5.41) is 26.8. The van der Waals surface area contributed by atoms with Crippen LogP contribution in [-0.2, 0) is 19.0 Å². The molecular formula is C29H48N6O6. The lowest BCUT2D eigenvalue weighted by atomic mass is 9.94. The van der Waals surface area contributed by atoms with Gasteiger partial charge in [-0.15, -0.1) is 0 Å². The molecule has 41 heavy (non-hydrogen) atoms. The number of likely N-dealkylation sites (tertiary alicyclic amines) is 1. The standard InChI is InChI=1S/C29H48N6O6/c1-27(2,3)19-22(23(36)33-29(20-30)11-7-8-12-29)31-24(34-15-17-39-18-16-34)32-25(37)40-21-9-13-35(14-10-21)26(38)41-28(4,5)6/h19,21,25,37H,7-18H2,1-6H3,(H,31,32)(H,33,36)/b22-19+. The molecule has 2 saturated heterocycles. The number of hydrogen-bond donors (Lipinski definition) is 3. The van der Waals surface area contributed by atoms with Crippen molar-refractivity contribution in [2.45, 2.75) is 104 Å². The van der Waals surface area contributed by atoms with Gasteiger partial charge in [-0.3, -0.25) is 4.79 Å². The zero-order chi connectivity index (χ0) is 30.3. The second kappa shape index (κ2) is 13.9. The maximum Gasteiger partial charge on any atom is 0.410 e. The Hall–Kier alpha value is -2.88. The van der Waals surface area contributed by atoms with E-state index in [0.717, 1.165) is 12.8 Å². The highest BCUT2D eigenvalue weighted by Crippen LogP contribution is 2.29. The molecule has 230 valence electrons. The Kier molecular flexibility index (Phi) is 11.0. The Balaban J connectivity index is 1.73. The highest BCUT2D eigenvalue weighted by Gasteiger charge is 2.37. The number of guanidine groups is 1. The lowest BCUT2D eigenvalue weighted by molar-refractivity contribution is -0.142. The Labute approximate surface area is 244 Å². The van der Waals surface area contributed by atoms with Crippen LogP contribution in [0.25, 0.3) is 0 Å². The van der Waals surface area contributed by atoms with Crippen LogP contribution in [0.3, 0.4) is 0 Å². The fourth-order valence-electron chi connectivity index (χ4n) is 5.02. The maximum absolute atomic E-state index is 13.5. The molecule has 12 heteroatoms. The van der Waals surface area contributed by atoms with Gasteiger partial charge in [-0.1, -0.05) is 20.8 Å². The second-order valence-electron chi connectivity index (χ2n) is 13.1. The topological polar surface area (TPSA) is 149 Å². The lowest BCUT2D eigenvalue weighted by Gasteiger charge is -2.34. The van der Waals surface area contributed by atoms with Crippen LogP contribution in [0.15, 0.2) is 16.8 Å². The van der Waals surface area contributed by atoms with E-state index in [2.05, 4.69) is 21.7 Å². The van der Waals surface area contributed by atoms with E-state index >= 15 is 0 Å². The molecule has 0 bridgehead atoms. The fourth-order valence-corrected chi connectivity index (χ4v) is 5.02. The third-order valence-corrected chi connectivity index (χ3v) is 7.04. The fraction of sp³-hybridized carbons (Fsp3) is 0.793. The van der Waals surface area contributed by atoms with Crippen LogP contribution in [0.1, 0.15) is 80.1 Å². The maximum atomic E-state index is 13.5. The Morgan fingerprint density at radius 3 is 2.22 bits per heavy atom. The third kappa shape index (κ3) is 10.5. The summed E-state index contributed by atoms with van der Waals surface area (Å²) < 4.78 is 16.8. The molecule has 0 aromatic rings. The molecule has 0 radical (unpaired) electrons. The minimum absolute atomic E-state index is 0.252. The highest BCUT2D eigenvalue weighted by molar-refractivity contribution is 5.98. The first-order valence-corrected chi connectivity index (χ1v) is 14.6. The van der Waals surface area contributed by atoms with Crippen LogP contribution >= 0.6 is 0 Å². The second-order valence-corrected chi connectivity index (χ2v) is 13.1. The molecule has 3 aliphatic rings. The van der Waals surface area contributed by atoms with Gasteiger partial charge >= 0.3 is 6.09 Å². The summed E-state index contributed by atoms with van der Waals surface area (Å²) in [6, 6.07) is 2.30. The normalized spacial score (nSPS) is 21.7. The Morgan fingerprint density at radius 2 is 1.68 bits per heavy atom. The van der Waals surface area contributed by atoms with Gasteiger partial charge in [0.15, 0.2) is 0 Å². The molecule has 0 aromatic heterocycles. The van der Waals surface area contributed by atoms with E-state index in [1.165, 1.54) is 0 Å². The minimum Gasteiger partial charge on any atom is -0.444 e. The van der Waals surface area contributed by atoms with Gasteiger partial charge in [0.1, 0.15) is 16.8 Å². The quantitative estimate of drug-likeness (QED) is 0.188. The summed E-state index contributed by atoms with van der Waals surface area (Å²) in [6.07, 6.45) is 3.71. The third-order valence-electron chi connectivity index (χ3n) is 7.04. The number of ether oxygens (including phenoxy) is 3. The molecule has 2 heterocycles. The summed E-state index contributed by atoms with van der Waals surface area (Å²) in [5.74, 6) is -0.107. The molecule has 12 nitrogen and oxygen atoms in total. The number of piperidine rings is 1. The van der Waals surface area contributed by atoms with E-state index in [4.69, 9.17) is 14.2 Å². The van der Waals surface area contributed by atoms with Gasteiger partial charge in [0.2, 0.25) is 5.96 Å². The molecule has 0 aromatic carbocycles. The summed E-state index contributed by atoms with van der Waals surface area (Å²) in [6.45, 7) is 14.3. The number of aliphatic hydroxyl groups excluding tert-OH is 1. The number of aliphatic imine (C=N–C) groups is 1. The van der Waals surface area contributed by atoms with Crippen molar-refractivity contribution in [3.63, 3.8) is 0 Å². The average molecular weight is 577 g/mol. The minimum atomic E-state index is -1.49. The lowest BCUT2D eigenvalue weighted by Crippen LogP contribution is -2.52. The van der Waals surface area contributed by atoms with Gasteiger partial charge in [0, 0.05) is 26.2 Å². The molecule has 2 aliphatic heterocycles. The van der Waals surface area contributed by atoms with E-state index < -0.39 is 23.5 Å². The molecule has 1 saturated carbocycles. The summed E-state index contributed by atoms with van der Waals surface area (Å²) in [4.78, 5) is 33.9. The summed E-state index contributed by atoms with van der Waals surface area (Å²) in [7, 11) is 0. The van der Waals surface area contributed by atoms with E-state index in [1.807, 2.05) is 46.4 Å². The number of amides is 2. The van der Waals surface area contributed by atoms with Crippen molar-refractivity contribution >= 4 is 18.0 Å². The van der Waals surface area contributed by atoms with Gasteiger partial charge in [-0.2, -0.15) is 10.3 Å². The molecule has 1 aliphatic carbocycles. The summed E-state index contributed by atoms with van der Waals surface area (Å²) in [5.41, 5.74) is -1.56. The molecule has 2 amide bonds. The van der Waals surface area contributed by atoms with Crippen LogP contribution in [-0.4, -0.2) is 95.9 Å². The number of nitrogens with zero attached hydrogens (tertiary/aromatic N) is 4. The number of rotatable bonds is 6. The smallest absolute Gasteiger partial charge is 0.410 e. The molecule has 0 spiro atoms. The van der Waals surface area contributed by atoms with E-state index in [0.29, 0.717) is 65.1 Å². The van der Waals surface area contributed by atoms with Crippen molar-refractivity contribution in [3.8, 4) is 6.07 Å². The predicted octanol–water partition coefficient (Wildman–Crippen LogP) is 2.84. The van der Waals surface area contributed by atoms with Crippen molar-refractivity contribution in [3.05, 3.63) is 11.8 Å². The van der Waals surface area contributed by atoms with Gasteiger partial charge in [0.25, 0.3) is 12.3 Å². The van der Waals surface area contributed by atoms with Crippen molar-refractivity contribution in [1.82, 2.24) is 20.4 Å². The van der Waals surface area contributed by atoms with Crippen LogP contribution in [0, 0.1) is 16.7 Å². The first-order valence-electron chi connectivity index (χ1n) is 14.6. The molecule has 1 atom stereocenters. The Morgan fingerprint density at radius 1 is 1.07 bits per heavy atom. The SMILES string of the molecule is CC(C)(C)/C=C(/N/C(=N/C(O)OC1CCN(C(=O)OC(C)(C)C)CC1)N1CCOCC1)C(=O)NC1(C#N)CCCC1. The summed E-state index contributed by atoms with van der Waals surface area (Å²) >= 11 is 0. The number of carbonyl (C=O) groups is 2. The van der Waals surface area contributed by atoms with Crippen LogP contribution in [0.4, 0.5) is 4.79 Å². The highest BCUT2D eigenvalue weighted by atomic mass is 16.6. The number of nitrogens with one attached hydrogen (secondary N) is 2. The van der Waals surface area contributed by atoms with Crippen LogP contribution in [0.5, 0.6) is 0 Å². The first kappa shape index (κ1) is 32.6. The molecule has 3 N–H and O–H groups in total. The zero-order valence-electron chi connectivity index (χ0n) is 25.5. The molecule has 3 fully saturated rings. The number of allylic oxidation sites excluding steroid dienone is 1. The number of hydrogen-bond acceptors (Lipinski definition) is 8. The molecule has 1 unspecified atom stereocenters. The monoisotopic (exact) mass is 576 g/mol. The van der Waals surface area contributed by atoms with E-state index in [1.54, 1.807) is 11.0 Å². The Bertz CT molecular complexity index is 1000. The van der Waals surface area contributed by atoms with Gasteiger partial charge in [0.05, 0.1) is 25.4 Å². The predicted molar refractivity (Wildman–Crippen MR) is 153 cm³/mol. The van der Waals surface area contributed by atoms with Crippen molar-refractivity contribution < 1.29 is 28.9 Å². The van der Waals surface area contributed by atoms with Gasteiger partial charge < -0.3 is 39.8 Å². The van der Waals surface area contributed by atoms with Crippen LogP contribution < -0.4 is 10.6 Å². The van der Waals surface area contributed by atoms with Crippen molar-refractivity contribution in [2.75, 3.05) is 39.4 Å². The largest absolute Gasteiger partial charge is 0.444 e.